The minimum atomic E-state index is -0.302. The zero-order valence-corrected chi connectivity index (χ0v) is 35.8. The molecule has 1 heterocycles. The quantitative estimate of drug-likeness (QED) is 0.162. The molecule has 2 nitrogen and oxygen atoms in total. The summed E-state index contributed by atoms with van der Waals surface area (Å²) in [5.74, 6) is 0.946. The van der Waals surface area contributed by atoms with Crippen molar-refractivity contribution in [2.24, 2.45) is 11.8 Å². The second-order valence-electron chi connectivity index (χ2n) is 18.0. The normalized spacial score (nSPS) is 19.8. The number of para-hydroxylation sites is 2. The van der Waals surface area contributed by atoms with Crippen molar-refractivity contribution in [1.29, 1.82) is 0 Å². The summed E-state index contributed by atoms with van der Waals surface area (Å²) in [4.78, 5) is 2.47. The number of aromatic nitrogens is 1. The second-order valence-corrected chi connectivity index (χ2v) is 18.0. The topological polar surface area (TPSA) is 8.17 Å². The van der Waals surface area contributed by atoms with Crippen molar-refractivity contribution in [3.63, 3.8) is 0 Å². The van der Waals surface area contributed by atoms with E-state index in [1.54, 1.807) is 0 Å². The Hall–Kier alpha value is -7.68. The molecule has 1 aromatic heterocycles. The van der Waals surface area contributed by atoms with E-state index in [0.29, 0.717) is 11.8 Å². The van der Waals surface area contributed by atoms with Crippen LogP contribution >= 0.6 is 0 Å². The Labute approximate surface area is 375 Å². The third-order valence-corrected chi connectivity index (χ3v) is 14.8. The Bertz CT molecular complexity index is 3370. The predicted molar refractivity (Wildman–Crippen MR) is 267 cm³/mol. The molecule has 4 aliphatic carbocycles. The Kier molecular flexibility index (Phi) is 8.33. The van der Waals surface area contributed by atoms with Gasteiger partial charge in [-0.2, -0.15) is 0 Å². The van der Waals surface area contributed by atoms with E-state index in [-0.39, 0.29) is 11.3 Å². The van der Waals surface area contributed by atoms with Gasteiger partial charge in [-0.1, -0.05) is 177 Å². The molecule has 64 heavy (non-hydrogen) atoms. The fourth-order valence-corrected chi connectivity index (χ4v) is 12.0. The largest absolute Gasteiger partial charge is 0.313 e. The van der Waals surface area contributed by atoms with Crippen molar-refractivity contribution >= 4 is 39.6 Å². The summed E-state index contributed by atoms with van der Waals surface area (Å²) in [7, 11) is 0. The van der Waals surface area contributed by atoms with E-state index in [4.69, 9.17) is 0 Å². The van der Waals surface area contributed by atoms with Crippen molar-refractivity contribution in [3.8, 4) is 27.9 Å². The molecule has 0 saturated heterocycles. The molecular weight excluding hydrogens is 773 g/mol. The lowest BCUT2D eigenvalue weighted by atomic mass is 9.65. The highest BCUT2D eigenvalue weighted by Crippen LogP contribution is 2.65. The molecule has 0 N–H and O–H groups in total. The molecule has 2 heteroatoms. The van der Waals surface area contributed by atoms with Crippen molar-refractivity contribution in [2.75, 3.05) is 4.90 Å². The summed E-state index contributed by atoms with van der Waals surface area (Å²) in [5.41, 5.74) is 21.8. The van der Waals surface area contributed by atoms with Crippen molar-refractivity contribution in [1.82, 2.24) is 4.57 Å². The molecule has 8 aromatic carbocycles. The van der Waals surface area contributed by atoms with Crippen molar-refractivity contribution in [3.05, 3.63) is 264 Å². The van der Waals surface area contributed by atoms with Crippen LogP contribution in [0, 0.1) is 11.8 Å². The fourth-order valence-electron chi connectivity index (χ4n) is 12.0. The van der Waals surface area contributed by atoms with Crippen LogP contribution in [0.5, 0.6) is 0 Å². The van der Waals surface area contributed by atoms with Crippen LogP contribution in [0.3, 0.4) is 0 Å². The zero-order chi connectivity index (χ0) is 42.4. The van der Waals surface area contributed by atoms with Crippen LogP contribution < -0.4 is 4.90 Å². The van der Waals surface area contributed by atoms with E-state index in [1.165, 1.54) is 83.5 Å². The summed E-state index contributed by atoms with van der Waals surface area (Å²) in [6.45, 7) is 2.39. The molecule has 0 saturated carbocycles. The van der Waals surface area contributed by atoms with Gasteiger partial charge in [-0.05, 0) is 129 Å². The van der Waals surface area contributed by atoms with Crippen LogP contribution in [-0.4, -0.2) is 4.57 Å². The lowest BCUT2D eigenvalue weighted by molar-refractivity contribution is 0.465. The summed E-state index contributed by atoms with van der Waals surface area (Å²) in [6.07, 6.45) is 12.9. The molecule has 0 radical (unpaired) electrons. The summed E-state index contributed by atoms with van der Waals surface area (Å²) in [6, 6.07) is 74.6. The SMILES string of the molecule is C[C@@H]1Cc2c(c3ccccc3n2-c2ccccc2)C=C1c1ccc(N(c2ccc(-c3ccccc3)cc2)c2ccc3c(c2)C2(c4ccccc4-3)c3ccccc3C3C=CC=CC32)cc1. The maximum absolute atomic E-state index is 2.52. The summed E-state index contributed by atoms with van der Waals surface area (Å²) < 4.78 is 2.48. The van der Waals surface area contributed by atoms with Gasteiger partial charge in [0.05, 0.1) is 10.9 Å². The molecule has 4 atom stereocenters. The van der Waals surface area contributed by atoms with Gasteiger partial charge in [0.15, 0.2) is 0 Å². The minimum absolute atomic E-state index is 0.276. The van der Waals surface area contributed by atoms with Gasteiger partial charge in [0.2, 0.25) is 0 Å². The van der Waals surface area contributed by atoms with E-state index in [1.807, 2.05) is 0 Å². The number of benzene rings is 8. The number of allylic oxidation sites excluding steroid dienone is 5. The lowest BCUT2D eigenvalue weighted by Gasteiger charge is -2.36. The van der Waals surface area contributed by atoms with Gasteiger partial charge in [-0.15, -0.1) is 0 Å². The lowest BCUT2D eigenvalue weighted by Crippen LogP contribution is -2.33. The Morgan fingerprint density at radius 2 is 1.12 bits per heavy atom. The number of nitrogens with zero attached hydrogens (tertiary/aromatic N) is 2. The molecule has 304 valence electrons. The molecule has 0 bridgehead atoms. The number of fused-ring (bicyclic) bond motifs is 13. The molecular formula is C62H46N2. The number of anilines is 3. The predicted octanol–water partition coefficient (Wildman–Crippen LogP) is 15.7. The molecule has 4 aliphatic rings. The first-order valence-corrected chi connectivity index (χ1v) is 22.8. The highest BCUT2D eigenvalue weighted by molar-refractivity contribution is 5.99. The van der Waals surface area contributed by atoms with Crippen LogP contribution in [0.15, 0.2) is 224 Å². The first-order valence-electron chi connectivity index (χ1n) is 22.8. The maximum atomic E-state index is 2.52. The van der Waals surface area contributed by atoms with Crippen LogP contribution in [0.2, 0.25) is 0 Å². The smallest absolute Gasteiger partial charge is 0.0538 e. The highest BCUT2D eigenvalue weighted by Gasteiger charge is 2.57. The van der Waals surface area contributed by atoms with E-state index >= 15 is 0 Å². The highest BCUT2D eigenvalue weighted by atomic mass is 15.1. The molecule has 9 aromatic rings. The Morgan fingerprint density at radius 3 is 1.92 bits per heavy atom. The van der Waals surface area contributed by atoms with E-state index in [2.05, 4.69) is 247 Å². The third-order valence-electron chi connectivity index (χ3n) is 14.8. The van der Waals surface area contributed by atoms with Crippen LogP contribution in [0.4, 0.5) is 17.1 Å². The average molecular weight is 819 g/mol. The van der Waals surface area contributed by atoms with Crippen molar-refractivity contribution < 1.29 is 0 Å². The Balaban J connectivity index is 0.957. The van der Waals surface area contributed by atoms with E-state index < -0.39 is 0 Å². The van der Waals surface area contributed by atoms with E-state index in [0.717, 1.165) is 23.5 Å². The first kappa shape index (κ1) is 36.9. The van der Waals surface area contributed by atoms with Crippen LogP contribution in [0.25, 0.3) is 50.5 Å². The van der Waals surface area contributed by atoms with Crippen LogP contribution in [-0.2, 0) is 11.8 Å². The summed E-state index contributed by atoms with van der Waals surface area (Å²) >= 11 is 0. The van der Waals surface area contributed by atoms with Gasteiger partial charge in [0.1, 0.15) is 0 Å². The van der Waals surface area contributed by atoms with Gasteiger partial charge in [0.25, 0.3) is 0 Å². The van der Waals surface area contributed by atoms with Gasteiger partial charge < -0.3 is 9.47 Å². The third kappa shape index (κ3) is 5.39. The number of hydrogen-bond acceptors (Lipinski definition) is 1. The molecule has 1 spiro atoms. The van der Waals surface area contributed by atoms with Gasteiger partial charge in [-0.3, -0.25) is 0 Å². The first-order chi connectivity index (χ1) is 31.7. The average Bonchev–Trinajstić information content (AvgIpc) is 3.96. The molecule has 0 amide bonds. The molecule has 0 aliphatic heterocycles. The van der Waals surface area contributed by atoms with E-state index in [9.17, 15) is 0 Å². The van der Waals surface area contributed by atoms with Gasteiger partial charge in [0, 0.05) is 51.2 Å². The van der Waals surface area contributed by atoms with Crippen molar-refractivity contribution in [2.45, 2.75) is 24.7 Å². The molecule has 13 rings (SSSR count). The van der Waals surface area contributed by atoms with Gasteiger partial charge >= 0.3 is 0 Å². The molecule has 3 unspecified atom stereocenters. The zero-order valence-electron chi connectivity index (χ0n) is 35.8. The molecule has 0 fully saturated rings. The standard InChI is InChI=1S/C62H46N2/c1-41-38-61-55(53-23-11-15-27-60(53)64(61)45-18-6-3-7-19-45)40-54(41)44-30-34-47(35-31-44)63(46-32-28-43(29-33-46)42-16-4-2-5-17-42)48-36-37-52-51-22-10-14-26-58(51)62(59(52)39-48)56-24-12-8-20-49(56)50-21-9-13-25-57(50)62/h2-37,39-41,49,56H,38H2,1H3/t41-,49?,56?,62?/m1/s1. The fraction of sp³-hybridized carbons (Fsp3) is 0.0968. The number of hydrogen-bond donors (Lipinski definition) is 0. The number of rotatable bonds is 6. The summed E-state index contributed by atoms with van der Waals surface area (Å²) in [5, 5.41) is 1.31. The Morgan fingerprint density at radius 1 is 0.516 bits per heavy atom. The maximum Gasteiger partial charge on any atom is 0.0538 e. The van der Waals surface area contributed by atoms with Crippen LogP contribution in [0.1, 0.15) is 51.9 Å². The second kappa shape index (κ2) is 14.4. The minimum Gasteiger partial charge on any atom is -0.313 e. The van der Waals surface area contributed by atoms with Gasteiger partial charge in [-0.25, -0.2) is 0 Å². The monoisotopic (exact) mass is 818 g/mol.